The van der Waals surface area contributed by atoms with Crippen LogP contribution in [0, 0.1) is 12.3 Å². The first-order valence-corrected chi connectivity index (χ1v) is 11.1. The van der Waals surface area contributed by atoms with Gasteiger partial charge in [-0.05, 0) is 37.3 Å². The summed E-state index contributed by atoms with van der Waals surface area (Å²) >= 11 is 1.53. The summed E-state index contributed by atoms with van der Waals surface area (Å²) in [4.78, 5) is 27.2. The van der Waals surface area contributed by atoms with Gasteiger partial charge in [-0.3, -0.25) is 4.79 Å². The monoisotopic (exact) mass is 433 g/mol. The van der Waals surface area contributed by atoms with Gasteiger partial charge in [0.25, 0.3) is 0 Å². The minimum atomic E-state index is -0.222. The van der Waals surface area contributed by atoms with E-state index < -0.39 is 0 Å². The standard InChI is InChI=1S/C23H23N5O2S/c1-13-20-15(28(27-13)19-6-4-5-9-24-19)7-8-18-21(20)26-22(31-18)25-12-14-16(29)10-23(2,3)11-17(14)30/h4-6,9,12,29H,7-8,10-11H2,1-3H3/b25-12+. The van der Waals surface area contributed by atoms with Gasteiger partial charge in [0.15, 0.2) is 11.6 Å². The number of fused-ring (bicyclic) bond motifs is 3. The lowest BCUT2D eigenvalue weighted by atomic mass is 9.77. The van der Waals surface area contributed by atoms with Crippen molar-refractivity contribution in [2.24, 2.45) is 10.4 Å². The molecule has 0 radical (unpaired) electrons. The molecule has 2 aliphatic carbocycles. The van der Waals surface area contributed by atoms with Crippen LogP contribution in [0.5, 0.6) is 0 Å². The number of allylic oxidation sites excluding steroid dienone is 2. The van der Waals surface area contributed by atoms with E-state index in [9.17, 15) is 9.90 Å². The van der Waals surface area contributed by atoms with Crippen LogP contribution in [0.4, 0.5) is 5.13 Å². The maximum Gasteiger partial charge on any atom is 0.209 e. The number of nitrogens with zero attached hydrogens (tertiary/aromatic N) is 5. The number of aliphatic hydroxyl groups excluding tert-OH is 1. The number of rotatable bonds is 3. The number of carbonyl (C=O) groups excluding carboxylic acids is 1. The van der Waals surface area contributed by atoms with Crippen LogP contribution in [0.2, 0.25) is 0 Å². The normalized spacial score (nSPS) is 17.8. The van der Waals surface area contributed by atoms with E-state index in [-0.39, 0.29) is 17.0 Å². The fraction of sp³-hybridized carbons (Fsp3) is 0.348. The van der Waals surface area contributed by atoms with Gasteiger partial charge in [-0.2, -0.15) is 5.10 Å². The number of aromatic nitrogens is 4. The van der Waals surface area contributed by atoms with E-state index in [1.165, 1.54) is 17.6 Å². The van der Waals surface area contributed by atoms with E-state index in [2.05, 4.69) is 9.98 Å². The van der Waals surface area contributed by atoms with Crippen molar-refractivity contribution in [2.75, 3.05) is 0 Å². The number of aliphatic imine (C=N–C) groups is 1. The van der Waals surface area contributed by atoms with Crippen LogP contribution in [0.15, 0.2) is 40.7 Å². The van der Waals surface area contributed by atoms with Crippen molar-refractivity contribution < 1.29 is 9.90 Å². The van der Waals surface area contributed by atoms with Gasteiger partial charge < -0.3 is 5.11 Å². The first-order valence-electron chi connectivity index (χ1n) is 10.3. The third-order valence-electron chi connectivity index (χ3n) is 5.73. The van der Waals surface area contributed by atoms with Crippen molar-refractivity contribution in [3.05, 3.63) is 52.0 Å². The second-order valence-electron chi connectivity index (χ2n) is 8.83. The van der Waals surface area contributed by atoms with Gasteiger partial charge in [-0.25, -0.2) is 19.6 Å². The SMILES string of the molecule is Cc1nn(-c2ccccn2)c2c1-c1nc(/N=C/C3=C(O)CC(C)(C)CC3=O)sc1CC2. The Balaban J connectivity index is 1.49. The molecule has 0 aromatic carbocycles. The molecule has 158 valence electrons. The number of aliphatic hydroxyl groups is 1. The Bertz CT molecular complexity index is 1250. The van der Waals surface area contributed by atoms with Crippen LogP contribution in [-0.2, 0) is 17.6 Å². The summed E-state index contributed by atoms with van der Waals surface area (Å²) in [6.45, 7) is 5.95. The Hall–Kier alpha value is -3.13. The first-order chi connectivity index (χ1) is 14.8. The predicted octanol–water partition coefficient (Wildman–Crippen LogP) is 4.70. The summed E-state index contributed by atoms with van der Waals surface area (Å²) in [5.41, 5.74) is 4.05. The Morgan fingerprint density at radius 3 is 2.84 bits per heavy atom. The number of hydrogen-bond acceptors (Lipinski definition) is 7. The van der Waals surface area contributed by atoms with Gasteiger partial charge in [0.1, 0.15) is 5.76 Å². The van der Waals surface area contributed by atoms with Crippen molar-refractivity contribution in [3.8, 4) is 17.1 Å². The quantitative estimate of drug-likeness (QED) is 0.604. The molecule has 0 saturated heterocycles. The van der Waals surface area contributed by atoms with E-state index in [0.717, 1.165) is 46.2 Å². The van der Waals surface area contributed by atoms with E-state index in [1.807, 2.05) is 43.7 Å². The Kier molecular flexibility index (Phi) is 4.62. The topological polar surface area (TPSA) is 93.3 Å². The van der Waals surface area contributed by atoms with Crippen molar-refractivity contribution in [1.29, 1.82) is 0 Å². The van der Waals surface area contributed by atoms with E-state index in [1.54, 1.807) is 6.20 Å². The third-order valence-corrected chi connectivity index (χ3v) is 6.76. The second-order valence-corrected chi connectivity index (χ2v) is 9.90. The van der Waals surface area contributed by atoms with E-state index >= 15 is 0 Å². The molecule has 0 spiro atoms. The smallest absolute Gasteiger partial charge is 0.209 e. The van der Waals surface area contributed by atoms with Crippen LogP contribution >= 0.6 is 11.3 Å². The lowest BCUT2D eigenvalue weighted by molar-refractivity contribution is -0.117. The van der Waals surface area contributed by atoms with Crippen molar-refractivity contribution in [2.45, 2.75) is 46.5 Å². The van der Waals surface area contributed by atoms with Gasteiger partial charge in [-0.1, -0.05) is 31.3 Å². The highest BCUT2D eigenvalue weighted by Crippen LogP contribution is 2.41. The molecule has 2 aliphatic rings. The molecule has 3 heterocycles. The average Bonchev–Trinajstić information content (AvgIpc) is 3.27. The summed E-state index contributed by atoms with van der Waals surface area (Å²) in [6.07, 6.45) is 5.83. The minimum Gasteiger partial charge on any atom is -0.511 e. The summed E-state index contributed by atoms with van der Waals surface area (Å²) in [5.74, 6) is 0.833. The molecule has 0 atom stereocenters. The molecule has 0 fully saturated rings. The fourth-order valence-electron chi connectivity index (χ4n) is 4.34. The second kappa shape index (κ2) is 7.23. The van der Waals surface area contributed by atoms with Crippen LogP contribution < -0.4 is 0 Å². The van der Waals surface area contributed by atoms with Crippen LogP contribution in [0.1, 0.15) is 43.0 Å². The van der Waals surface area contributed by atoms with Gasteiger partial charge >= 0.3 is 0 Å². The maximum absolute atomic E-state index is 12.4. The molecule has 1 N–H and O–H groups in total. The summed E-state index contributed by atoms with van der Waals surface area (Å²) in [7, 11) is 0. The predicted molar refractivity (Wildman–Crippen MR) is 120 cm³/mol. The Morgan fingerprint density at radius 2 is 2.10 bits per heavy atom. The molecular weight excluding hydrogens is 410 g/mol. The van der Waals surface area contributed by atoms with E-state index in [4.69, 9.17) is 10.1 Å². The van der Waals surface area contributed by atoms with Gasteiger partial charge in [0, 0.05) is 35.7 Å². The van der Waals surface area contributed by atoms with Crippen molar-refractivity contribution >= 4 is 28.5 Å². The van der Waals surface area contributed by atoms with Gasteiger partial charge in [0.2, 0.25) is 5.13 Å². The van der Waals surface area contributed by atoms with Crippen molar-refractivity contribution in [3.63, 3.8) is 0 Å². The van der Waals surface area contributed by atoms with Gasteiger partial charge in [-0.15, -0.1) is 0 Å². The molecule has 5 rings (SSSR count). The number of carbonyl (C=O) groups is 1. The molecule has 31 heavy (non-hydrogen) atoms. The first kappa shape index (κ1) is 19.8. The molecule has 3 aromatic rings. The molecule has 0 unspecified atom stereocenters. The Morgan fingerprint density at radius 1 is 1.26 bits per heavy atom. The average molecular weight is 434 g/mol. The number of aryl methyl sites for hydroxylation is 2. The zero-order valence-corrected chi connectivity index (χ0v) is 18.5. The van der Waals surface area contributed by atoms with Crippen LogP contribution in [-0.4, -0.2) is 36.9 Å². The molecule has 0 bridgehead atoms. The zero-order valence-electron chi connectivity index (χ0n) is 17.7. The molecule has 0 amide bonds. The molecule has 0 saturated carbocycles. The largest absolute Gasteiger partial charge is 0.511 e. The van der Waals surface area contributed by atoms with Crippen LogP contribution in [0.25, 0.3) is 17.1 Å². The minimum absolute atomic E-state index is 0.0754. The zero-order chi connectivity index (χ0) is 21.8. The molecule has 7 nitrogen and oxygen atoms in total. The molecule has 0 aliphatic heterocycles. The maximum atomic E-state index is 12.4. The van der Waals surface area contributed by atoms with Crippen molar-refractivity contribution in [1.82, 2.24) is 19.7 Å². The summed E-state index contributed by atoms with van der Waals surface area (Å²) in [5, 5.41) is 15.6. The Labute approximate surface area is 184 Å². The highest BCUT2D eigenvalue weighted by molar-refractivity contribution is 7.15. The number of Topliss-reactive ketones (excluding diaryl/α,β-unsaturated/α-hetero) is 1. The number of pyridine rings is 1. The third kappa shape index (κ3) is 3.50. The van der Waals surface area contributed by atoms with Gasteiger partial charge in [0.05, 0.1) is 22.7 Å². The molecule has 3 aromatic heterocycles. The fourth-order valence-corrected chi connectivity index (χ4v) is 5.25. The number of hydrogen-bond donors (Lipinski definition) is 1. The number of ketones is 1. The van der Waals surface area contributed by atoms with E-state index in [0.29, 0.717) is 23.5 Å². The molecule has 8 heteroatoms. The number of thiazole rings is 1. The highest BCUT2D eigenvalue weighted by atomic mass is 32.1. The molecular formula is C23H23N5O2S. The van der Waals surface area contributed by atoms with Crippen LogP contribution in [0.3, 0.4) is 0 Å². The summed E-state index contributed by atoms with van der Waals surface area (Å²) in [6, 6.07) is 5.79. The highest BCUT2D eigenvalue weighted by Gasteiger charge is 2.32. The lowest BCUT2D eigenvalue weighted by Crippen LogP contribution is -2.26. The lowest BCUT2D eigenvalue weighted by Gasteiger charge is -2.28. The summed E-state index contributed by atoms with van der Waals surface area (Å²) < 4.78 is 1.90.